The Balaban J connectivity index is 0.00000364. The Labute approximate surface area is 187 Å². The molecule has 0 atom stereocenters. The summed E-state index contributed by atoms with van der Waals surface area (Å²) in [6.45, 7) is 3.48. The van der Waals surface area contributed by atoms with Crippen LogP contribution in [0, 0.1) is 6.92 Å². The van der Waals surface area contributed by atoms with E-state index in [9.17, 15) is 8.42 Å². The molecule has 27 heavy (non-hydrogen) atoms. The molecular formula is C19H25BrIN3O2S. The monoisotopic (exact) mass is 565 g/mol. The zero-order valence-corrected chi connectivity index (χ0v) is 20.4. The number of hydrogen-bond donors (Lipinski definition) is 2. The van der Waals surface area contributed by atoms with Gasteiger partial charge in [-0.05, 0) is 54.3 Å². The first kappa shape index (κ1) is 23.9. The molecule has 0 saturated carbocycles. The molecule has 5 nitrogen and oxygen atoms in total. The van der Waals surface area contributed by atoms with E-state index in [-0.39, 0.29) is 24.0 Å². The molecule has 0 radical (unpaired) electrons. The number of rotatable bonds is 6. The highest BCUT2D eigenvalue weighted by Gasteiger charge is 2.06. The van der Waals surface area contributed by atoms with Crippen LogP contribution in [0.5, 0.6) is 0 Å². The Bertz CT molecular complexity index is 884. The van der Waals surface area contributed by atoms with Crippen molar-refractivity contribution in [2.24, 2.45) is 4.99 Å². The highest BCUT2D eigenvalue weighted by molar-refractivity contribution is 14.0. The third kappa shape index (κ3) is 7.79. The van der Waals surface area contributed by atoms with Gasteiger partial charge in [0.2, 0.25) is 0 Å². The SMILES string of the molecule is CN=C(NCCc1ccc(S(C)(=O)=O)cc1)NCc1ccc(Br)cc1C.I. The summed E-state index contributed by atoms with van der Waals surface area (Å²) >= 11 is 3.47. The van der Waals surface area contributed by atoms with Gasteiger partial charge < -0.3 is 10.6 Å². The average Bonchev–Trinajstić information content (AvgIpc) is 2.59. The first-order valence-corrected chi connectivity index (χ1v) is 11.0. The van der Waals surface area contributed by atoms with E-state index in [4.69, 9.17) is 0 Å². The summed E-state index contributed by atoms with van der Waals surface area (Å²) < 4.78 is 24.0. The minimum Gasteiger partial charge on any atom is -0.356 e. The first-order chi connectivity index (χ1) is 12.3. The van der Waals surface area contributed by atoms with Crippen LogP contribution in [0.1, 0.15) is 16.7 Å². The van der Waals surface area contributed by atoms with Gasteiger partial charge in [0.05, 0.1) is 4.90 Å². The van der Waals surface area contributed by atoms with Gasteiger partial charge in [-0.1, -0.05) is 34.1 Å². The highest BCUT2D eigenvalue weighted by atomic mass is 127. The zero-order chi connectivity index (χ0) is 19.2. The molecule has 0 spiro atoms. The van der Waals surface area contributed by atoms with Crippen LogP contribution >= 0.6 is 39.9 Å². The zero-order valence-electron chi connectivity index (χ0n) is 15.6. The molecule has 0 saturated heterocycles. The lowest BCUT2D eigenvalue weighted by Gasteiger charge is -2.13. The Morgan fingerprint density at radius 2 is 1.78 bits per heavy atom. The van der Waals surface area contributed by atoms with Gasteiger partial charge in [-0.15, -0.1) is 24.0 Å². The number of nitrogens with zero attached hydrogens (tertiary/aromatic N) is 1. The molecule has 2 aromatic carbocycles. The maximum Gasteiger partial charge on any atom is 0.191 e. The number of aliphatic imine (C=N–C) groups is 1. The van der Waals surface area contributed by atoms with Crippen LogP contribution in [-0.4, -0.2) is 34.2 Å². The van der Waals surface area contributed by atoms with Crippen molar-refractivity contribution in [1.29, 1.82) is 0 Å². The molecule has 0 aliphatic rings. The first-order valence-electron chi connectivity index (χ1n) is 8.28. The molecule has 8 heteroatoms. The number of sulfone groups is 1. The van der Waals surface area contributed by atoms with Crippen LogP contribution in [0.4, 0.5) is 0 Å². The average molecular weight is 566 g/mol. The minimum atomic E-state index is -3.15. The van der Waals surface area contributed by atoms with Gasteiger partial charge in [0.1, 0.15) is 0 Å². The Morgan fingerprint density at radius 1 is 1.11 bits per heavy atom. The molecule has 2 rings (SSSR count). The molecule has 0 fully saturated rings. The predicted octanol–water partition coefficient (Wildman–Crippen LogP) is 3.69. The fraction of sp³-hybridized carbons (Fsp3) is 0.316. The van der Waals surface area contributed by atoms with Gasteiger partial charge in [0, 0.05) is 30.9 Å². The van der Waals surface area contributed by atoms with Crippen LogP contribution < -0.4 is 10.6 Å². The number of nitrogens with one attached hydrogen (secondary N) is 2. The van der Waals surface area contributed by atoms with Crippen molar-refractivity contribution >= 4 is 55.7 Å². The van der Waals surface area contributed by atoms with Gasteiger partial charge in [0.15, 0.2) is 15.8 Å². The van der Waals surface area contributed by atoms with Gasteiger partial charge in [-0.25, -0.2) is 8.42 Å². The molecule has 0 aliphatic heterocycles. The van der Waals surface area contributed by atoms with E-state index in [2.05, 4.69) is 50.6 Å². The van der Waals surface area contributed by atoms with Crippen molar-refractivity contribution in [3.8, 4) is 0 Å². The van der Waals surface area contributed by atoms with Crippen LogP contribution in [0.3, 0.4) is 0 Å². The molecule has 0 aliphatic carbocycles. The van der Waals surface area contributed by atoms with Crippen molar-refractivity contribution in [1.82, 2.24) is 10.6 Å². The standard InChI is InChI=1S/C19H24BrN3O2S.HI/c1-14-12-17(20)7-6-16(14)13-23-19(21-2)22-11-10-15-4-8-18(9-5-15)26(3,24)25;/h4-9,12H,10-11,13H2,1-3H3,(H2,21,22,23);1H. The summed E-state index contributed by atoms with van der Waals surface area (Å²) in [6.07, 6.45) is 1.99. The molecule has 0 unspecified atom stereocenters. The molecule has 2 aromatic rings. The molecule has 0 bridgehead atoms. The molecule has 148 valence electrons. The lowest BCUT2D eigenvalue weighted by molar-refractivity contribution is 0.602. The number of halogens is 2. The second-order valence-electron chi connectivity index (χ2n) is 6.09. The fourth-order valence-electron chi connectivity index (χ4n) is 2.49. The number of benzene rings is 2. The highest BCUT2D eigenvalue weighted by Crippen LogP contribution is 2.15. The molecule has 0 amide bonds. The Morgan fingerprint density at radius 3 is 2.33 bits per heavy atom. The third-order valence-corrected chi connectivity index (χ3v) is 5.65. The fourth-order valence-corrected chi connectivity index (χ4v) is 3.59. The number of guanidine groups is 1. The van der Waals surface area contributed by atoms with E-state index in [0.29, 0.717) is 18.0 Å². The summed E-state index contributed by atoms with van der Waals surface area (Å²) in [7, 11) is -1.40. The van der Waals surface area contributed by atoms with Crippen LogP contribution in [0.15, 0.2) is 56.8 Å². The van der Waals surface area contributed by atoms with Crippen molar-refractivity contribution in [2.75, 3.05) is 19.8 Å². The van der Waals surface area contributed by atoms with Crippen LogP contribution in [0.25, 0.3) is 0 Å². The summed E-state index contributed by atoms with van der Waals surface area (Å²) in [6, 6.07) is 13.2. The van der Waals surface area contributed by atoms with Gasteiger partial charge in [-0.2, -0.15) is 0 Å². The topological polar surface area (TPSA) is 70.6 Å². The number of hydrogen-bond acceptors (Lipinski definition) is 3. The van der Waals surface area contributed by atoms with Crippen molar-refractivity contribution in [3.05, 3.63) is 63.6 Å². The Kier molecular flexibility index (Phi) is 9.75. The van der Waals surface area contributed by atoms with Crippen molar-refractivity contribution in [2.45, 2.75) is 24.8 Å². The van der Waals surface area contributed by atoms with E-state index >= 15 is 0 Å². The van der Waals surface area contributed by atoms with Gasteiger partial charge >= 0.3 is 0 Å². The van der Waals surface area contributed by atoms with E-state index in [0.717, 1.165) is 22.4 Å². The summed E-state index contributed by atoms with van der Waals surface area (Å²) in [5, 5.41) is 6.58. The van der Waals surface area contributed by atoms with Crippen molar-refractivity contribution in [3.63, 3.8) is 0 Å². The third-order valence-electron chi connectivity index (χ3n) is 4.03. The summed E-state index contributed by atoms with van der Waals surface area (Å²) in [5.74, 6) is 0.736. The van der Waals surface area contributed by atoms with Gasteiger partial charge in [-0.3, -0.25) is 4.99 Å². The lowest BCUT2D eigenvalue weighted by atomic mass is 10.1. The van der Waals surface area contributed by atoms with E-state index in [1.165, 1.54) is 17.4 Å². The van der Waals surface area contributed by atoms with E-state index in [1.807, 2.05) is 18.2 Å². The maximum absolute atomic E-state index is 11.5. The minimum absolute atomic E-state index is 0. The molecule has 0 aromatic heterocycles. The largest absolute Gasteiger partial charge is 0.356 e. The maximum atomic E-state index is 11.5. The molecule has 2 N–H and O–H groups in total. The quantitative estimate of drug-likeness (QED) is 0.318. The van der Waals surface area contributed by atoms with Gasteiger partial charge in [0.25, 0.3) is 0 Å². The number of aryl methyl sites for hydroxylation is 1. The summed E-state index contributed by atoms with van der Waals surface area (Å²) in [4.78, 5) is 4.58. The van der Waals surface area contributed by atoms with E-state index < -0.39 is 9.84 Å². The second-order valence-corrected chi connectivity index (χ2v) is 9.02. The molecule has 0 heterocycles. The lowest BCUT2D eigenvalue weighted by Crippen LogP contribution is -2.38. The van der Waals surface area contributed by atoms with E-state index in [1.54, 1.807) is 19.2 Å². The second kappa shape index (κ2) is 11.0. The van der Waals surface area contributed by atoms with Crippen LogP contribution in [-0.2, 0) is 22.8 Å². The van der Waals surface area contributed by atoms with Crippen LogP contribution in [0.2, 0.25) is 0 Å². The predicted molar refractivity (Wildman–Crippen MR) is 126 cm³/mol. The normalized spacial score (nSPS) is 11.6. The summed E-state index contributed by atoms with van der Waals surface area (Å²) in [5.41, 5.74) is 3.50. The Hall–Kier alpha value is -1.13. The smallest absolute Gasteiger partial charge is 0.191 e. The van der Waals surface area contributed by atoms with Crippen molar-refractivity contribution < 1.29 is 8.42 Å². The molecular weight excluding hydrogens is 541 g/mol.